The van der Waals surface area contributed by atoms with Crippen molar-refractivity contribution >= 4 is 23.2 Å². The summed E-state index contributed by atoms with van der Waals surface area (Å²) in [4.78, 5) is 0. The lowest BCUT2D eigenvalue weighted by molar-refractivity contribution is 0.0608. The van der Waals surface area contributed by atoms with E-state index < -0.39 is 5.60 Å². The Kier molecular flexibility index (Phi) is 4.51. The minimum atomic E-state index is -0.835. The summed E-state index contributed by atoms with van der Waals surface area (Å²) < 4.78 is 0. The van der Waals surface area contributed by atoms with Gasteiger partial charge in [0.2, 0.25) is 0 Å². The molecule has 1 unspecified atom stereocenters. The summed E-state index contributed by atoms with van der Waals surface area (Å²) in [5.41, 5.74) is 1.18. The fourth-order valence-corrected chi connectivity index (χ4v) is 2.49. The van der Waals surface area contributed by atoms with Crippen molar-refractivity contribution in [2.75, 3.05) is 0 Å². The van der Waals surface area contributed by atoms with Crippen LogP contribution in [0.2, 0.25) is 10.0 Å². The molecule has 19 heavy (non-hydrogen) atoms. The van der Waals surface area contributed by atoms with Crippen LogP contribution in [-0.2, 0) is 12.8 Å². The third kappa shape index (κ3) is 4.24. The predicted octanol–water partition coefficient (Wildman–Crippen LogP) is 4.53. The van der Waals surface area contributed by atoms with E-state index >= 15 is 0 Å². The maximum atomic E-state index is 10.5. The van der Waals surface area contributed by atoms with Gasteiger partial charge in [-0.15, -0.1) is 0 Å². The lowest BCUT2D eigenvalue weighted by Gasteiger charge is -2.24. The molecule has 1 atom stereocenters. The second-order valence-corrected chi connectivity index (χ2v) is 5.91. The Morgan fingerprint density at radius 2 is 1.58 bits per heavy atom. The highest BCUT2D eigenvalue weighted by molar-refractivity contribution is 6.31. The molecule has 0 spiro atoms. The summed E-state index contributed by atoms with van der Waals surface area (Å²) in [6, 6.07) is 15.1. The molecule has 0 heterocycles. The van der Waals surface area contributed by atoms with Crippen LogP contribution in [0.5, 0.6) is 0 Å². The molecule has 2 aromatic rings. The Morgan fingerprint density at radius 3 is 2.21 bits per heavy atom. The largest absolute Gasteiger partial charge is 0.389 e. The van der Waals surface area contributed by atoms with E-state index in [1.54, 1.807) is 0 Å². The van der Waals surface area contributed by atoms with E-state index in [4.69, 9.17) is 23.2 Å². The highest BCUT2D eigenvalue weighted by atomic mass is 35.5. The standard InChI is InChI=1S/C16H16Cl2O/c1-16(19,10-12-6-8-14(17)9-7-12)11-13-4-2-3-5-15(13)18/h2-9,19H,10-11H2,1H3. The Morgan fingerprint density at radius 1 is 0.947 bits per heavy atom. The van der Waals surface area contributed by atoms with Gasteiger partial charge in [0, 0.05) is 22.9 Å². The van der Waals surface area contributed by atoms with Crippen LogP contribution < -0.4 is 0 Å². The van der Waals surface area contributed by atoms with E-state index in [0.717, 1.165) is 11.1 Å². The van der Waals surface area contributed by atoms with Crippen molar-refractivity contribution in [2.45, 2.75) is 25.4 Å². The number of hydrogen-bond acceptors (Lipinski definition) is 1. The van der Waals surface area contributed by atoms with Gasteiger partial charge in [0.1, 0.15) is 0 Å². The maximum absolute atomic E-state index is 10.5. The molecule has 0 aliphatic rings. The van der Waals surface area contributed by atoms with Crippen molar-refractivity contribution in [3.05, 3.63) is 69.7 Å². The zero-order chi connectivity index (χ0) is 13.9. The Bertz CT molecular complexity index is 547. The SMILES string of the molecule is CC(O)(Cc1ccc(Cl)cc1)Cc1ccccc1Cl. The average Bonchev–Trinajstić information content (AvgIpc) is 2.35. The van der Waals surface area contributed by atoms with Crippen LogP contribution in [0.4, 0.5) is 0 Å². The van der Waals surface area contributed by atoms with E-state index in [9.17, 15) is 5.11 Å². The van der Waals surface area contributed by atoms with Crippen molar-refractivity contribution in [1.29, 1.82) is 0 Å². The first-order valence-electron chi connectivity index (χ1n) is 6.16. The molecule has 2 aromatic carbocycles. The van der Waals surface area contributed by atoms with Gasteiger partial charge in [-0.05, 0) is 36.2 Å². The van der Waals surface area contributed by atoms with Crippen molar-refractivity contribution in [3.8, 4) is 0 Å². The fraction of sp³-hybridized carbons (Fsp3) is 0.250. The highest BCUT2D eigenvalue weighted by Crippen LogP contribution is 2.24. The van der Waals surface area contributed by atoms with Crippen molar-refractivity contribution in [2.24, 2.45) is 0 Å². The Balaban J connectivity index is 2.10. The van der Waals surface area contributed by atoms with E-state index in [1.807, 2.05) is 55.5 Å². The zero-order valence-electron chi connectivity index (χ0n) is 10.7. The van der Waals surface area contributed by atoms with Gasteiger partial charge in [0.25, 0.3) is 0 Å². The minimum Gasteiger partial charge on any atom is -0.389 e. The number of rotatable bonds is 4. The van der Waals surface area contributed by atoms with Crippen LogP contribution in [-0.4, -0.2) is 10.7 Å². The summed E-state index contributed by atoms with van der Waals surface area (Å²) >= 11 is 12.0. The molecule has 3 heteroatoms. The summed E-state index contributed by atoms with van der Waals surface area (Å²) in [5, 5.41) is 11.9. The molecular formula is C16H16Cl2O. The molecule has 0 amide bonds. The molecular weight excluding hydrogens is 279 g/mol. The topological polar surface area (TPSA) is 20.2 Å². The molecule has 1 nitrogen and oxygen atoms in total. The summed E-state index contributed by atoms with van der Waals surface area (Å²) in [6.07, 6.45) is 1.09. The number of halogens is 2. The maximum Gasteiger partial charge on any atom is 0.0700 e. The minimum absolute atomic E-state index is 0.523. The van der Waals surface area contributed by atoms with Gasteiger partial charge in [-0.25, -0.2) is 0 Å². The first-order chi connectivity index (χ1) is 8.96. The number of benzene rings is 2. The van der Waals surface area contributed by atoms with Gasteiger partial charge in [0.15, 0.2) is 0 Å². The molecule has 0 bridgehead atoms. The van der Waals surface area contributed by atoms with E-state index in [0.29, 0.717) is 22.9 Å². The Hall–Kier alpha value is -1.02. The second-order valence-electron chi connectivity index (χ2n) is 5.07. The average molecular weight is 295 g/mol. The molecule has 0 radical (unpaired) electrons. The van der Waals surface area contributed by atoms with Crippen LogP contribution in [0.1, 0.15) is 18.1 Å². The first kappa shape index (κ1) is 14.4. The third-order valence-electron chi connectivity index (χ3n) is 3.03. The van der Waals surface area contributed by atoms with E-state index in [1.165, 1.54) is 0 Å². The van der Waals surface area contributed by atoms with Gasteiger partial charge in [0.05, 0.1) is 5.60 Å². The molecule has 0 aromatic heterocycles. The van der Waals surface area contributed by atoms with Crippen LogP contribution in [0.25, 0.3) is 0 Å². The lowest BCUT2D eigenvalue weighted by Crippen LogP contribution is -2.30. The zero-order valence-corrected chi connectivity index (χ0v) is 12.2. The van der Waals surface area contributed by atoms with E-state index in [2.05, 4.69) is 0 Å². The molecule has 0 aliphatic carbocycles. The quantitative estimate of drug-likeness (QED) is 0.878. The normalized spacial score (nSPS) is 14.1. The molecule has 0 saturated heterocycles. The first-order valence-corrected chi connectivity index (χ1v) is 6.92. The Labute approximate surface area is 123 Å². The molecule has 100 valence electrons. The van der Waals surface area contributed by atoms with Crippen LogP contribution in [0.15, 0.2) is 48.5 Å². The molecule has 0 saturated carbocycles. The monoisotopic (exact) mass is 294 g/mol. The van der Waals surface area contributed by atoms with Crippen molar-refractivity contribution in [1.82, 2.24) is 0 Å². The van der Waals surface area contributed by atoms with Crippen LogP contribution >= 0.6 is 23.2 Å². The van der Waals surface area contributed by atoms with Crippen molar-refractivity contribution in [3.63, 3.8) is 0 Å². The predicted molar refractivity (Wildman–Crippen MR) is 80.9 cm³/mol. The smallest absolute Gasteiger partial charge is 0.0700 e. The second kappa shape index (κ2) is 5.96. The van der Waals surface area contributed by atoms with Gasteiger partial charge in [-0.3, -0.25) is 0 Å². The molecule has 2 rings (SSSR count). The van der Waals surface area contributed by atoms with Gasteiger partial charge < -0.3 is 5.11 Å². The summed E-state index contributed by atoms with van der Waals surface area (Å²) in [7, 11) is 0. The highest BCUT2D eigenvalue weighted by Gasteiger charge is 2.22. The van der Waals surface area contributed by atoms with E-state index in [-0.39, 0.29) is 0 Å². The number of hydrogen-bond donors (Lipinski definition) is 1. The van der Waals surface area contributed by atoms with Crippen molar-refractivity contribution < 1.29 is 5.11 Å². The van der Waals surface area contributed by atoms with Gasteiger partial charge >= 0.3 is 0 Å². The summed E-state index contributed by atoms with van der Waals surface area (Å²) in [5.74, 6) is 0. The molecule has 0 aliphatic heterocycles. The molecule has 1 N–H and O–H groups in total. The number of aliphatic hydroxyl groups is 1. The fourth-order valence-electron chi connectivity index (χ4n) is 2.16. The summed E-state index contributed by atoms with van der Waals surface area (Å²) in [6.45, 7) is 1.82. The van der Waals surface area contributed by atoms with Gasteiger partial charge in [-0.1, -0.05) is 53.5 Å². The van der Waals surface area contributed by atoms with Gasteiger partial charge in [-0.2, -0.15) is 0 Å². The molecule has 0 fully saturated rings. The third-order valence-corrected chi connectivity index (χ3v) is 3.65. The van der Waals surface area contributed by atoms with Crippen LogP contribution in [0, 0.1) is 0 Å². The lowest BCUT2D eigenvalue weighted by atomic mass is 9.90. The van der Waals surface area contributed by atoms with Crippen LogP contribution in [0.3, 0.4) is 0 Å².